The number of hydrogen-bond donors (Lipinski definition) is 4. The molecule has 0 spiro atoms. The molecule has 0 unspecified atom stereocenters. The van der Waals surface area contributed by atoms with Gasteiger partial charge in [0.05, 0.1) is 12.4 Å². The second-order valence-electron chi connectivity index (χ2n) is 4.35. The molecule has 0 amide bonds. The minimum Gasteiger partial charge on any atom is -0.504 e. The van der Waals surface area contributed by atoms with Crippen molar-refractivity contribution in [3.05, 3.63) is 23.8 Å². The van der Waals surface area contributed by atoms with Crippen LogP contribution < -0.4 is 4.72 Å². The number of phenols is 2. The number of aromatic hydroxyl groups is 2. The molecule has 0 bridgehead atoms. The highest BCUT2D eigenvalue weighted by Crippen LogP contribution is 2.25. The number of carboxylic acid groups (broad SMARTS) is 1. The van der Waals surface area contributed by atoms with Gasteiger partial charge in [-0.3, -0.25) is 4.79 Å². The van der Waals surface area contributed by atoms with E-state index in [1.807, 2.05) is 0 Å². The maximum atomic E-state index is 11.7. The van der Waals surface area contributed by atoms with Crippen LogP contribution in [-0.2, 0) is 26.0 Å². The number of rotatable bonds is 8. The topological polar surface area (TPSA) is 133 Å². The highest BCUT2D eigenvalue weighted by atomic mass is 32.2. The normalized spacial score (nSPS) is 13.0. The molecule has 0 aromatic heterocycles. The van der Waals surface area contributed by atoms with Crippen LogP contribution in [0.3, 0.4) is 0 Å². The fourth-order valence-electron chi connectivity index (χ4n) is 1.58. The van der Waals surface area contributed by atoms with Gasteiger partial charge in [-0.15, -0.1) is 0 Å². The molecular weight excluding hydrogens is 302 g/mol. The van der Waals surface area contributed by atoms with E-state index in [2.05, 4.69) is 9.46 Å². The van der Waals surface area contributed by atoms with Crippen molar-refractivity contribution in [3.63, 3.8) is 0 Å². The number of carboxylic acids is 1. The third-order valence-electron chi connectivity index (χ3n) is 2.66. The van der Waals surface area contributed by atoms with Crippen LogP contribution in [0.5, 0.6) is 11.5 Å². The van der Waals surface area contributed by atoms with Crippen molar-refractivity contribution in [1.29, 1.82) is 0 Å². The first kappa shape index (κ1) is 17.2. The minimum atomic E-state index is -3.79. The molecular formula is C12H17NO7S. The number of ether oxygens (including phenoxy) is 1. The van der Waals surface area contributed by atoms with Crippen molar-refractivity contribution < 1.29 is 33.3 Å². The molecule has 0 aliphatic rings. The summed E-state index contributed by atoms with van der Waals surface area (Å²) in [5.41, 5.74) is 0.368. The molecule has 1 aromatic rings. The number of sulfonamides is 1. The van der Waals surface area contributed by atoms with Gasteiger partial charge in [0, 0.05) is 7.11 Å². The van der Waals surface area contributed by atoms with Gasteiger partial charge in [-0.2, -0.15) is 0 Å². The lowest BCUT2D eigenvalue weighted by atomic mass is 10.1. The number of benzene rings is 1. The lowest BCUT2D eigenvalue weighted by Gasteiger charge is -2.15. The van der Waals surface area contributed by atoms with Crippen LogP contribution in [0.1, 0.15) is 5.56 Å². The SMILES string of the molecule is COCCS(=O)(=O)N[C@@H](Cc1ccc(O)c(O)c1)C(=O)O. The van der Waals surface area contributed by atoms with Crippen LogP contribution in [0.2, 0.25) is 0 Å². The molecule has 0 fully saturated rings. The van der Waals surface area contributed by atoms with Crippen molar-refractivity contribution in [1.82, 2.24) is 4.72 Å². The van der Waals surface area contributed by atoms with Gasteiger partial charge < -0.3 is 20.1 Å². The number of carbonyl (C=O) groups is 1. The largest absolute Gasteiger partial charge is 0.504 e. The Labute approximate surface area is 122 Å². The van der Waals surface area contributed by atoms with E-state index in [-0.39, 0.29) is 24.5 Å². The van der Waals surface area contributed by atoms with E-state index in [0.717, 1.165) is 0 Å². The number of hydrogen-bond acceptors (Lipinski definition) is 6. The predicted octanol–water partition coefficient (Wildman–Crippen LogP) is -0.341. The first-order valence-electron chi connectivity index (χ1n) is 5.98. The molecule has 1 rings (SSSR count). The molecule has 1 aromatic carbocycles. The van der Waals surface area contributed by atoms with Gasteiger partial charge in [-0.25, -0.2) is 13.1 Å². The van der Waals surface area contributed by atoms with Crippen molar-refractivity contribution in [2.45, 2.75) is 12.5 Å². The molecule has 0 saturated carbocycles. The fraction of sp³-hybridized carbons (Fsp3) is 0.417. The van der Waals surface area contributed by atoms with Crippen LogP contribution >= 0.6 is 0 Å². The third kappa shape index (κ3) is 5.58. The molecule has 1 atom stereocenters. The van der Waals surface area contributed by atoms with Gasteiger partial charge in [-0.05, 0) is 24.1 Å². The van der Waals surface area contributed by atoms with E-state index in [0.29, 0.717) is 5.56 Å². The quantitative estimate of drug-likeness (QED) is 0.482. The number of phenolic OH excluding ortho intramolecular Hbond substituents is 2. The van der Waals surface area contributed by atoms with E-state index in [1.165, 1.54) is 25.3 Å². The summed E-state index contributed by atoms with van der Waals surface area (Å²) >= 11 is 0. The highest BCUT2D eigenvalue weighted by Gasteiger charge is 2.24. The maximum absolute atomic E-state index is 11.7. The lowest BCUT2D eigenvalue weighted by molar-refractivity contribution is -0.138. The highest BCUT2D eigenvalue weighted by molar-refractivity contribution is 7.89. The second-order valence-corrected chi connectivity index (χ2v) is 6.22. The van der Waals surface area contributed by atoms with Gasteiger partial charge in [-0.1, -0.05) is 6.07 Å². The smallest absolute Gasteiger partial charge is 0.322 e. The number of nitrogens with one attached hydrogen (secondary N) is 1. The molecule has 118 valence electrons. The van der Waals surface area contributed by atoms with Gasteiger partial charge in [0.25, 0.3) is 0 Å². The van der Waals surface area contributed by atoms with Crippen LogP contribution in [0.15, 0.2) is 18.2 Å². The van der Waals surface area contributed by atoms with Crippen LogP contribution in [-0.4, -0.2) is 55.2 Å². The average molecular weight is 319 g/mol. The minimum absolute atomic E-state index is 0.0539. The number of aliphatic carboxylic acids is 1. The predicted molar refractivity (Wildman–Crippen MR) is 73.7 cm³/mol. The molecule has 0 radical (unpaired) electrons. The van der Waals surface area contributed by atoms with E-state index in [9.17, 15) is 23.4 Å². The zero-order valence-electron chi connectivity index (χ0n) is 11.3. The summed E-state index contributed by atoms with van der Waals surface area (Å²) in [5.74, 6) is -2.44. The Morgan fingerprint density at radius 2 is 2.00 bits per heavy atom. The summed E-state index contributed by atoms with van der Waals surface area (Å²) in [6.07, 6.45) is -0.171. The molecule has 0 aliphatic heterocycles. The zero-order valence-corrected chi connectivity index (χ0v) is 12.1. The Bertz CT molecular complexity index is 600. The van der Waals surface area contributed by atoms with Crippen molar-refractivity contribution >= 4 is 16.0 Å². The average Bonchev–Trinajstić information content (AvgIpc) is 2.39. The van der Waals surface area contributed by atoms with Crippen LogP contribution in [0, 0.1) is 0 Å². The monoisotopic (exact) mass is 319 g/mol. The van der Waals surface area contributed by atoms with E-state index in [1.54, 1.807) is 0 Å². The van der Waals surface area contributed by atoms with Gasteiger partial charge in [0.15, 0.2) is 11.5 Å². The summed E-state index contributed by atoms with van der Waals surface area (Å²) < 4.78 is 30.0. The Kier molecular flexibility index (Phi) is 5.94. The summed E-state index contributed by atoms with van der Waals surface area (Å²) in [7, 11) is -2.46. The molecule has 9 heteroatoms. The summed E-state index contributed by atoms with van der Waals surface area (Å²) in [4.78, 5) is 11.1. The Morgan fingerprint density at radius 1 is 1.33 bits per heavy atom. The Morgan fingerprint density at radius 3 is 2.52 bits per heavy atom. The Balaban J connectivity index is 2.83. The van der Waals surface area contributed by atoms with Crippen molar-refractivity contribution in [2.24, 2.45) is 0 Å². The third-order valence-corrected chi connectivity index (χ3v) is 4.00. The second kappa shape index (κ2) is 7.25. The van der Waals surface area contributed by atoms with Crippen molar-refractivity contribution in [3.8, 4) is 11.5 Å². The molecule has 0 aliphatic carbocycles. The molecule has 0 heterocycles. The molecule has 8 nitrogen and oxygen atoms in total. The standard InChI is InChI=1S/C12H17NO7S/c1-20-4-5-21(18,19)13-9(12(16)17)6-8-2-3-10(14)11(15)7-8/h2-3,7,9,13-15H,4-6H2,1H3,(H,16,17)/t9-/m0/s1. The van der Waals surface area contributed by atoms with Crippen LogP contribution in [0.25, 0.3) is 0 Å². The van der Waals surface area contributed by atoms with Crippen LogP contribution in [0.4, 0.5) is 0 Å². The van der Waals surface area contributed by atoms with E-state index >= 15 is 0 Å². The fourth-order valence-corrected chi connectivity index (χ4v) is 2.70. The first-order valence-corrected chi connectivity index (χ1v) is 7.63. The maximum Gasteiger partial charge on any atom is 0.322 e. The Hall–Kier alpha value is -1.84. The molecule has 4 N–H and O–H groups in total. The molecule has 0 saturated heterocycles. The number of methoxy groups -OCH3 is 1. The summed E-state index contributed by atoms with van der Waals surface area (Å²) in [6.45, 7) is -0.0539. The zero-order chi connectivity index (χ0) is 16.0. The summed E-state index contributed by atoms with van der Waals surface area (Å²) in [6, 6.07) is 2.39. The lowest BCUT2D eigenvalue weighted by Crippen LogP contribution is -2.43. The summed E-state index contributed by atoms with van der Waals surface area (Å²) in [5, 5.41) is 27.6. The molecule has 21 heavy (non-hydrogen) atoms. The van der Waals surface area contributed by atoms with E-state index < -0.39 is 27.8 Å². The van der Waals surface area contributed by atoms with Crippen molar-refractivity contribution in [2.75, 3.05) is 19.5 Å². The van der Waals surface area contributed by atoms with E-state index in [4.69, 9.17) is 5.11 Å². The van der Waals surface area contributed by atoms with Gasteiger partial charge in [0.1, 0.15) is 6.04 Å². The van der Waals surface area contributed by atoms with Gasteiger partial charge >= 0.3 is 5.97 Å². The first-order chi connectivity index (χ1) is 9.75. The van der Waals surface area contributed by atoms with Gasteiger partial charge in [0.2, 0.25) is 10.0 Å².